The SMILES string of the molecule is O=C(N/N=C\c1coc2ccc(Cl)cc2c1=O)c1ccc(Cl)c(Cl)c1. The molecule has 1 amide bonds. The minimum atomic E-state index is -0.497. The molecule has 0 atom stereocenters. The number of hydrazone groups is 1. The maximum absolute atomic E-state index is 12.4. The number of carbonyl (C=O) groups is 1. The molecule has 0 saturated carbocycles. The summed E-state index contributed by atoms with van der Waals surface area (Å²) in [6, 6.07) is 9.16. The number of fused-ring (bicyclic) bond motifs is 1. The van der Waals surface area contributed by atoms with Crippen LogP contribution < -0.4 is 10.9 Å². The van der Waals surface area contributed by atoms with Crippen molar-refractivity contribution in [2.45, 2.75) is 0 Å². The Labute approximate surface area is 156 Å². The van der Waals surface area contributed by atoms with Gasteiger partial charge in [-0.25, -0.2) is 5.43 Å². The zero-order valence-electron chi connectivity index (χ0n) is 12.4. The maximum Gasteiger partial charge on any atom is 0.271 e. The molecule has 2 aromatic carbocycles. The topological polar surface area (TPSA) is 71.7 Å². The van der Waals surface area contributed by atoms with Crippen LogP contribution >= 0.6 is 34.8 Å². The van der Waals surface area contributed by atoms with E-state index in [1.54, 1.807) is 12.1 Å². The van der Waals surface area contributed by atoms with Crippen molar-refractivity contribution in [3.05, 3.63) is 79.1 Å². The second-order valence-corrected chi connectivity index (χ2v) is 6.24. The minimum Gasteiger partial charge on any atom is -0.463 e. The molecule has 0 radical (unpaired) electrons. The average Bonchev–Trinajstić information content (AvgIpc) is 2.59. The van der Waals surface area contributed by atoms with Crippen LogP contribution in [0.1, 0.15) is 15.9 Å². The van der Waals surface area contributed by atoms with Crippen LogP contribution in [-0.2, 0) is 0 Å². The van der Waals surface area contributed by atoms with Crippen molar-refractivity contribution < 1.29 is 9.21 Å². The van der Waals surface area contributed by atoms with Gasteiger partial charge < -0.3 is 4.42 Å². The summed E-state index contributed by atoms with van der Waals surface area (Å²) in [4.78, 5) is 24.3. The highest BCUT2D eigenvalue weighted by molar-refractivity contribution is 6.42. The second-order valence-electron chi connectivity index (χ2n) is 4.99. The van der Waals surface area contributed by atoms with Gasteiger partial charge in [0.15, 0.2) is 0 Å². The van der Waals surface area contributed by atoms with E-state index < -0.39 is 5.91 Å². The van der Waals surface area contributed by atoms with Gasteiger partial charge in [0.25, 0.3) is 5.91 Å². The maximum atomic E-state index is 12.4. The third kappa shape index (κ3) is 3.85. The quantitative estimate of drug-likeness (QED) is 0.523. The Hall–Kier alpha value is -2.34. The van der Waals surface area contributed by atoms with Crippen molar-refractivity contribution in [1.29, 1.82) is 0 Å². The van der Waals surface area contributed by atoms with Crippen molar-refractivity contribution in [1.82, 2.24) is 5.43 Å². The lowest BCUT2D eigenvalue weighted by atomic mass is 10.2. The van der Waals surface area contributed by atoms with E-state index in [2.05, 4.69) is 10.5 Å². The second kappa shape index (κ2) is 7.27. The highest BCUT2D eigenvalue weighted by Crippen LogP contribution is 2.22. The summed E-state index contributed by atoms with van der Waals surface area (Å²) in [5.41, 5.74) is 2.85. The van der Waals surface area contributed by atoms with E-state index in [9.17, 15) is 9.59 Å². The molecule has 0 aliphatic rings. The van der Waals surface area contributed by atoms with E-state index in [-0.39, 0.29) is 21.6 Å². The van der Waals surface area contributed by atoms with Crippen LogP contribution in [0.5, 0.6) is 0 Å². The van der Waals surface area contributed by atoms with Crippen LogP contribution in [0.15, 0.2) is 57.0 Å². The molecule has 8 heteroatoms. The van der Waals surface area contributed by atoms with Gasteiger partial charge >= 0.3 is 0 Å². The van der Waals surface area contributed by atoms with Gasteiger partial charge in [-0.15, -0.1) is 0 Å². The van der Waals surface area contributed by atoms with Crippen molar-refractivity contribution in [3.8, 4) is 0 Å². The number of carbonyl (C=O) groups excluding carboxylic acids is 1. The molecule has 0 aliphatic carbocycles. The minimum absolute atomic E-state index is 0.171. The third-order valence-corrected chi connectivity index (χ3v) is 4.29. The smallest absolute Gasteiger partial charge is 0.271 e. The van der Waals surface area contributed by atoms with Gasteiger partial charge in [0.2, 0.25) is 5.43 Å². The molecule has 0 unspecified atom stereocenters. The molecule has 3 aromatic rings. The molecule has 0 fully saturated rings. The summed E-state index contributed by atoms with van der Waals surface area (Å²) in [5, 5.41) is 5.11. The number of halogens is 3. The number of hydrogen-bond acceptors (Lipinski definition) is 4. The molecule has 1 heterocycles. The molecule has 0 aliphatic heterocycles. The largest absolute Gasteiger partial charge is 0.463 e. The summed E-state index contributed by atoms with van der Waals surface area (Å²) >= 11 is 17.5. The Balaban J connectivity index is 1.81. The molecule has 1 aromatic heterocycles. The first kappa shape index (κ1) is 17.5. The van der Waals surface area contributed by atoms with Crippen LogP contribution in [0.2, 0.25) is 15.1 Å². The normalized spacial score (nSPS) is 11.2. The third-order valence-electron chi connectivity index (χ3n) is 3.31. The van der Waals surface area contributed by atoms with Crippen LogP contribution in [0.3, 0.4) is 0 Å². The van der Waals surface area contributed by atoms with Crippen molar-refractivity contribution in [2.75, 3.05) is 0 Å². The van der Waals surface area contributed by atoms with Gasteiger partial charge in [-0.05, 0) is 36.4 Å². The lowest BCUT2D eigenvalue weighted by Crippen LogP contribution is -2.18. The number of amides is 1. The van der Waals surface area contributed by atoms with Gasteiger partial charge in [-0.2, -0.15) is 5.10 Å². The van der Waals surface area contributed by atoms with E-state index >= 15 is 0 Å². The predicted molar refractivity (Wildman–Crippen MR) is 99.0 cm³/mol. The first-order valence-corrected chi connectivity index (χ1v) is 8.08. The molecule has 0 saturated heterocycles. The fraction of sp³-hybridized carbons (Fsp3) is 0. The number of nitrogens with zero attached hydrogens (tertiary/aromatic N) is 1. The van der Waals surface area contributed by atoms with Gasteiger partial charge in [-0.3, -0.25) is 9.59 Å². The molecule has 1 N–H and O–H groups in total. The van der Waals surface area contributed by atoms with Crippen molar-refractivity contribution in [3.63, 3.8) is 0 Å². The summed E-state index contributed by atoms with van der Waals surface area (Å²) in [5.74, 6) is -0.497. The molecular weight excluding hydrogens is 387 g/mol. The Morgan fingerprint density at radius 2 is 1.88 bits per heavy atom. The average molecular weight is 396 g/mol. The Morgan fingerprint density at radius 1 is 1.08 bits per heavy atom. The Bertz CT molecular complexity index is 1060. The van der Waals surface area contributed by atoms with Crippen molar-refractivity contribution in [2.24, 2.45) is 5.10 Å². The van der Waals surface area contributed by atoms with Crippen LogP contribution in [0.4, 0.5) is 0 Å². The number of benzene rings is 2. The molecule has 0 bridgehead atoms. The first-order chi connectivity index (χ1) is 12.0. The predicted octanol–water partition coefficient (Wildman–Crippen LogP) is 4.52. The van der Waals surface area contributed by atoms with E-state index in [0.29, 0.717) is 21.0 Å². The van der Waals surface area contributed by atoms with Crippen LogP contribution in [0.25, 0.3) is 11.0 Å². The van der Waals surface area contributed by atoms with E-state index in [1.165, 1.54) is 36.7 Å². The van der Waals surface area contributed by atoms with E-state index in [0.717, 1.165) is 0 Å². The highest BCUT2D eigenvalue weighted by Gasteiger charge is 2.08. The lowest BCUT2D eigenvalue weighted by molar-refractivity contribution is 0.0955. The van der Waals surface area contributed by atoms with Crippen LogP contribution in [0, 0.1) is 0 Å². The molecule has 126 valence electrons. The zero-order valence-corrected chi connectivity index (χ0v) is 14.7. The van der Waals surface area contributed by atoms with E-state index in [4.69, 9.17) is 39.2 Å². The number of nitrogens with one attached hydrogen (secondary N) is 1. The summed E-state index contributed by atoms with van der Waals surface area (Å²) in [7, 11) is 0. The Kier molecular flexibility index (Phi) is 5.08. The van der Waals surface area contributed by atoms with Gasteiger partial charge in [-0.1, -0.05) is 34.8 Å². The Morgan fingerprint density at radius 3 is 2.64 bits per heavy atom. The van der Waals surface area contributed by atoms with Crippen molar-refractivity contribution >= 4 is 57.9 Å². The summed E-state index contributed by atoms with van der Waals surface area (Å²) < 4.78 is 5.35. The fourth-order valence-electron chi connectivity index (χ4n) is 2.07. The standard InChI is InChI=1S/C17H9Cl3N2O3/c18-11-2-4-15-12(6-11)16(23)10(8-25-15)7-21-22-17(24)9-1-3-13(19)14(20)5-9/h1-8H,(H,22,24)/b21-7-. The molecule has 0 spiro atoms. The summed E-state index contributed by atoms with van der Waals surface area (Å²) in [6.45, 7) is 0. The number of rotatable bonds is 3. The van der Waals surface area contributed by atoms with Gasteiger partial charge in [0.1, 0.15) is 11.8 Å². The first-order valence-electron chi connectivity index (χ1n) is 6.95. The molecule has 25 heavy (non-hydrogen) atoms. The zero-order chi connectivity index (χ0) is 18.0. The van der Waals surface area contributed by atoms with E-state index in [1.807, 2.05) is 0 Å². The highest BCUT2D eigenvalue weighted by atomic mass is 35.5. The molecular formula is C17H9Cl3N2O3. The lowest BCUT2D eigenvalue weighted by Gasteiger charge is -2.02. The van der Waals surface area contributed by atoms with Crippen LogP contribution in [-0.4, -0.2) is 12.1 Å². The monoisotopic (exact) mass is 394 g/mol. The molecule has 5 nitrogen and oxygen atoms in total. The summed E-state index contributed by atoms with van der Waals surface area (Å²) in [6.07, 6.45) is 2.45. The molecule has 3 rings (SSSR count). The van der Waals surface area contributed by atoms with Gasteiger partial charge in [0, 0.05) is 10.6 Å². The fourth-order valence-corrected chi connectivity index (χ4v) is 2.54. The van der Waals surface area contributed by atoms with Gasteiger partial charge in [0.05, 0.1) is 27.2 Å². The number of hydrogen-bond donors (Lipinski definition) is 1.